The normalized spacial score (nSPS) is 11.2. The standard InChI is InChI=1S/C14H13BrN2O4S/c1-2-16(12-6-3-5-11(15)9-12)22(20,21)14-8-4-7-13(10-14)17(18)19/h3-10H,2H2,1H3. The Bertz CT molecular complexity index is 808. The van der Waals surface area contributed by atoms with Crippen molar-refractivity contribution in [1.29, 1.82) is 0 Å². The van der Waals surface area contributed by atoms with Gasteiger partial charge in [-0.25, -0.2) is 8.42 Å². The Kier molecular flexibility index (Phi) is 4.82. The number of nitro groups is 1. The van der Waals surface area contributed by atoms with Gasteiger partial charge >= 0.3 is 0 Å². The molecule has 2 aromatic carbocycles. The van der Waals surface area contributed by atoms with E-state index in [-0.39, 0.29) is 17.1 Å². The summed E-state index contributed by atoms with van der Waals surface area (Å²) in [7, 11) is -3.87. The molecule has 2 rings (SSSR count). The SMILES string of the molecule is CCN(c1cccc(Br)c1)S(=O)(=O)c1cccc([N+](=O)[O-])c1. The van der Waals surface area contributed by atoms with Crippen molar-refractivity contribution in [1.82, 2.24) is 0 Å². The second-order valence-electron chi connectivity index (χ2n) is 4.40. The summed E-state index contributed by atoms with van der Waals surface area (Å²) in [5, 5.41) is 10.8. The fraction of sp³-hybridized carbons (Fsp3) is 0.143. The first-order valence-electron chi connectivity index (χ1n) is 6.39. The summed E-state index contributed by atoms with van der Waals surface area (Å²) in [5.74, 6) is 0. The molecule has 22 heavy (non-hydrogen) atoms. The Morgan fingerprint density at radius 1 is 1.18 bits per heavy atom. The van der Waals surface area contributed by atoms with Gasteiger partial charge in [0.05, 0.1) is 15.5 Å². The second kappa shape index (κ2) is 6.45. The van der Waals surface area contributed by atoms with Crippen LogP contribution in [0.2, 0.25) is 0 Å². The number of hydrogen-bond donors (Lipinski definition) is 0. The van der Waals surface area contributed by atoms with Gasteiger partial charge in [0.2, 0.25) is 0 Å². The molecule has 0 radical (unpaired) electrons. The zero-order chi connectivity index (χ0) is 16.3. The molecule has 8 heteroatoms. The average molecular weight is 385 g/mol. The van der Waals surface area contributed by atoms with Crippen LogP contribution in [-0.4, -0.2) is 19.9 Å². The van der Waals surface area contributed by atoms with E-state index >= 15 is 0 Å². The molecule has 0 unspecified atom stereocenters. The molecule has 0 heterocycles. The number of halogens is 1. The Hall–Kier alpha value is -1.93. The first-order valence-corrected chi connectivity index (χ1v) is 8.62. The first-order chi connectivity index (χ1) is 10.4. The molecule has 0 fully saturated rings. The van der Waals surface area contributed by atoms with Crippen LogP contribution in [-0.2, 0) is 10.0 Å². The van der Waals surface area contributed by atoms with E-state index in [9.17, 15) is 18.5 Å². The number of hydrogen-bond acceptors (Lipinski definition) is 4. The third kappa shape index (κ3) is 3.28. The molecule has 0 aromatic heterocycles. The van der Waals surface area contributed by atoms with E-state index in [2.05, 4.69) is 15.9 Å². The fourth-order valence-electron chi connectivity index (χ4n) is 2.01. The lowest BCUT2D eigenvalue weighted by Crippen LogP contribution is -2.30. The van der Waals surface area contributed by atoms with E-state index in [0.29, 0.717) is 5.69 Å². The van der Waals surface area contributed by atoms with Gasteiger partial charge in [0.25, 0.3) is 15.7 Å². The maximum atomic E-state index is 12.7. The summed E-state index contributed by atoms with van der Waals surface area (Å²) in [6.07, 6.45) is 0. The van der Waals surface area contributed by atoms with Gasteiger partial charge in [0.15, 0.2) is 0 Å². The van der Waals surface area contributed by atoms with Crippen LogP contribution in [0.4, 0.5) is 11.4 Å². The molecule has 0 saturated heterocycles. The Morgan fingerprint density at radius 3 is 2.45 bits per heavy atom. The highest BCUT2D eigenvalue weighted by molar-refractivity contribution is 9.10. The smallest absolute Gasteiger partial charge is 0.267 e. The minimum absolute atomic E-state index is 0.108. The number of rotatable bonds is 5. The quantitative estimate of drug-likeness (QED) is 0.582. The summed E-state index contributed by atoms with van der Waals surface area (Å²) in [6, 6.07) is 11.9. The minimum Gasteiger partial charge on any atom is -0.267 e. The predicted octanol–water partition coefficient (Wildman–Crippen LogP) is 3.57. The number of non-ortho nitro benzene ring substituents is 1. The maximum absolute atomic E-state index is 12.7. The number of nitro benzene ring substituents is 1. The predicted molar refractivity (Wildman–Crippen MR) is 87.4 cm³/mol. The molecular weight excluding hydrogens is 372 g/mol. The van der Waals surface area contributed by atoms with Crippen LogP contribution in [0.15, 0.2) is 57.9 Å². The molecular formula is C14H13BrN2O4S. The van der Waals surface area contributed by atoms with Crippen LogP contribution >= 0.6 is 15.9 Å². The van der Waals surface area contributed by atoms with E-state index in [0.717, 1.165) is 10.5 Å². The summed E-state index contributed by atoms with van der Waals surface area (Å²) >= 11 is 3.30. The molecule has 0 aliphatic heterocycles. The number of benzene rings is 2. The topological polar surface area (TPSA) is 80.5 Å². The Labute approximate surface area is 136 Å². The molecule has 6 nitrogen and oxygen atoms in total. The average Bonchev–Trinajstić information content (AvgIpc) is 2.48. The maximum Gasteiger partial charge on any atom is 0.270 e. The van der Waals surface area contributed by atoms with Crippen molar-refractivity contribution in [3.05, 3.63) is 63.1 Å². The van der Waals surface area contributed by atoms with Crippen LogP contribution in [0.1, 0.15) is 6.92 Å². The van der Waals surface area contributed by atoms with Crippen LogP contribution < -0.4 is 4.31 Å². The zero-order valence-electron chi connectivity index (χ0n) is 11.6. The third-order valence-electron chi connectivity index (χ3n) is 3.00. The summed E-state index contributed by atoms with van der Waals surface area (Å²) in [4.78, 5) is 10.1. The number of anilines is 1. The van der Waals surface area contributed by atoms with Crippen molar-refractivity contribution in [2.24, 2.45) is 0 Å². The lowest BCUT2D eigenvalue weighted by Gasteiger charge is -2.23. The Morgan fingerprint density at radius 2 is 1.86 bits per heavy atom. The molecule has 0 N–H and O–H groups in total. The van der Waals surface area contributed by atoms with Crippen LogP contribution in [0.3, 0.4) is 0 Å². The molecule has 0 bridgehead atoms. The van der Waals surface area contributed by atoms with Gasteiger partial charge < -0.3 is 0 Å². The summed E-state index contributed by atoms with van der Waals surface area (Å²) in [6.45, 7) is 1.91. The number of nitrogens with zero attached hydrogens (tertiary/aromatic N) is 2. The fourth-order valence-corrected chi connectivity index (χ4v) is 3.90. The second-order valence-corrected chi connectivity index (χ2v) is 7.18. The van der Waals surface area contributed by atoms with Gasteiger partial charge in [-0.2, -0.15) is 0 Å². The highest BCUT2D eigenvalue weighted by Crippen LogP contribution is 2.27. The van der Waals surface area contributed by atoms with Crippen molar-refractivity contribution in [2.75, 3.05) is 10.8 Å². The molecule has 2 aromatic rings. The lowest BCUT2D eigenvalue weighted by atomic mass is 10.3. The van der Waals surface area contributed by atoms with Crippen molar-refractivity contribution >= 4 is 37.3 Å². The van der Waals surface area contributed by atoms with E-state index in [1.807, 2.05) is 0 Å². The molecule has 116 valence electrons. The third-order valence-corrected chi connectivity index (χ3v) is 5.39. The van der Waals surface area contributed by atoms with Crippen LogP contribution in [0, 0.1) is 10.1 Å². The molecule has 0 spiro atoms. The molecule has 0 amide bonds. The van der Waals surface area contributed by atoms with Crippen LogP contribution in [0.25, 0.3) is 0 Å². The van der Waals surface area contributed by atoms with E-state index in [1.54, 1.807) is 31.2 Å². The first kappa shape index (κ1) is 16.4. The minimum atomic E-state index is -3.87. The lowest BCUT2D eigenvalue weighted by molar-refractivity contribution is -0.385. The van der Waals surface area contributed by atoms with Gasteiger partial charge in [-0.3, -0.25) is 14.4 Å². The molecule has 0 atom stereocenters. The van der Waals surface area contributed by atoms with E-state index in [4.69, 9.17) is 0 Å². The highest BCUT2D eigenvalue weighted by Gasteiger charge is 2.25. The van der Waals surface area contributed by atoms with E-state index in [1.165, 1.54) is 22.5 Å². The molecule has 0 saturated carbocycles. The molecule has 0 aliphatic carbocycles. The van der Waals surface area contributed by atoms with Crippen LogP contribution in [0.5, 0.6) is 0 Å². The van der Waals surface area contributed by atoms with Gasteiger partial charge in [0.1, 0.15) is 0 Å². The van der Waals surface area contributed by atoms with Gasteiger partial charge in [-0.1, -0.05) is 28.1 Å². The van der Waals surface area contributed by atoms with Crippen molar-refractivity contribution in [2.45, 2.75) is 11.8 Å². The van der Waals surface area contributed by atoms with Gasteiger partial charge in [-0.15, -0.1) is 0 Å². The monoisotopic (exact) mass is 384 g/mol. The van der Waals surface area contributed by atoms with E-state index < -0.39 is 14.9 Å². The van der Waals surface area contributed by atoms with Crippen molar-refractivity contribution < 1.29 is 13.3 Å². The summed E-state index contributed by atoms with van der Waals surface area (Å²) in [5.41, 5.74) is 0.231. The zero-order valence-corrected chi connectivity index (χ0v) is 14.0. The molecule has 0 aliphatic rings. The Balaban J connectivity index is 2.52. The highest BCUT2D eigenvalue weighted by atomic mass is 79.9. The number of sulfonamides is 1. The summed E-state index contributed by atoms with van der Waals surface area (Å²) < 4.78 is 27.4. The van der Waals surface area contributed by atoms with Crippen molar-refractivity contribution in [3.63, 3.8) is 0 Å². The van der Waals surface area contributed by atoms with Gasteiger partial charge in [0, 0.05) is 23.2 Å². The largest absolute Gasteiger partial charge is 0.270 e. The van der Waals surface area contributed by atoms with Gasteiger partial charge in [-0.05, 0) is 31.2 Å². The van der Waals surface area contributed by atoms with Crippen molar-refractivity contribution in [3.8, 4) is 0 Å².